The molecule has 0 aliphatic heterocycles. The second-order valence-corrected chi connectivity index (χ2v) is 10.3. The fourth-order valence-electron chi connectivity index (χ4n) is 5.34. The molecule has 0 spiro atoms. The number of anilines is 2. The number of H-pyrrole nitrogens is 1. The molecule has 0 aliphatic rings. The van der Waals surface area contributed by atoms with Gasteiger partial charge in [0.25, 0.3) is 5.91 Å². The number of para-hydroxylation sites is 3. The lowest BCUT2D eigenvalue weighted by atomic mass is 9.90. The third-order valence-corrected chi connectivity index (χ3v) is 7.61. The van der Waals surface area contributed by atoms with Crippen molar-refractivity contribution in [3.8, 4) is 11.3 Å². The number of aromatic amines is 1. The lowest BCUT2D eigenvalue weighted by molar-refractivity contribution is 0.0964. The molecule has 10 heteroatoms. The van der Waals surface area contributed by atoms with Crippen molar-refractivity contribution in [1.29, 1.82) is 0 Å². The monoisotopic (exact) mass is 571 g/mol. The number of fused-ring (bicyclic) bond motifs is 2. The fourth-order valence-corrected chi connectivity index (χ4v) is 5.34. The average Bonchev–Trinajstić information content (AvgIpc) is 3.48. The quantitative estimate of drug-likeness (QED) is 0.150. The maximum atomic E-state index is 12.4. The first-order valence-electron chi connectivity index (χ1n) is 14.4. The van der Waals surface area contributed by atoms with E-state index in [0.717, 1.165) is 75.6 Å². The third kappa shape index (κ3) is 6.13. The standard InChI is InChI=1S/C33H33N9O/c1-3-21(23-7-6-8-24-25(33(43)34-2)14-16-36-32(23)24)13-15-35-30-17-28(39-20-40-30)22-11-12-29(37-18-22)38-19-31-41-26-9-4-5-10-27(26)42-31/h4-12,14,16-18,20-21H,3,13,15,19H2,1-2H3,(H,34,43)(H,37,38)(H,41,42)(H,35,39,40). The average molecular weight is 572 g/mol. The Bertz CT molecular complexity index is 1830. The van der Waals surface area contributed by atoms with Crippen molar-refractivity contribution in [3.63, 3.8) is 0 Å². The molecule has 6 aromatic rings. The normalized spacial score (nSPS) is 11.9. The summed E-state index contributed by atoms with van der Waals surface area (Å²) >= 11 is 0. The van der Waals surface area contributed by atoms with E-state index in [9.17, 15) is 4.79 Å². The third-order valence-electron chi connectivity index (χ3n) is 7.61. The van der Waals surface area contributed by atoms with Crippen LogP contribution in [-0.2, 0) is 6.54 Å². The van der Waals surface area contributed by atoms with Crippen LogP contribution in [-0.4, -0.2) is 49.4 Å². The predicted octanol–water partition coefficient (Wildman–Crippen LogP) is 5.93. The first-order valence-corrected chi connectivity index (χ1v) is 14.4. The summed E-state index contributed by atoms with van der Waals surface area (Å²) < 4.78 is 0. The van der Waals surface area contributed by atoms with Gasteiger partial charge in [0.2, 0.25) is 0 Å². The van der Waals surface area contributed by atoms with E-state index in [4.69, 9.17) is 0 Å². The SMILES string of the molecule is CCC(CCNc1cc(-c2ccc(NCc3nc4ccccc4[nH]3)nc2)ncn1)c1cccc2c(C(=O)NC)ccnc12. The lowest BCUT2D eigenvalue weighted by Gasteiger charge is -2.18. The molecular weight excluding hydrogens is 538 g/mol. The van der Waals surface area contributed by atoms with Crippen LogP contribution in [0, 0.1) is 0 Å². The van der Waals surface area contributed by atoms with Crippen LogP contribution in [0.4, 0.5) is 11.6 Å². The molecule has 0 radical (unpaired) electrons. The molecule has 0 saturated heterocycles. The molecule has 0 aliphatic carbocycles. The van der Waals surface area contributed by atoms with Gasteiger partial charge in [-0.25, -0.2) is 19.9 Å². The molecule has 216 valence electrons. The molecule has 10 nitrogen and oxygen atoms in total. The summed E-state index contributed by atoms with van der Waals surface area (Å²) in [5, 5.41) is 10.4. The molecule has 0 fully saturated rings. The second kappa shape index (κ2) is 12.6. The number of benzene rings is 2. The Labute approximate surface area is 249 Å². The van der Waals surface area contributed by atoms with Crippen molar-refractivity contribution in [1.82, 2.24) is 35.2 Å². The van der Waals surface area contributed by atoms with Crippen LogP contribution in [0.1, 0.15) is 47.4 Å². The van der Waals surface area contributed by atoms with E-state index < -0.39 is 0 Å². The minimum absolute atomic E-state index is 0.109. The van der Waals surface area contributed by atoms with E-state index in [1.165, 1.54) is 0 Å². The van der Waals surface area contributed by atoms with Crippen molar-refractivity contribution < 1.29 is 4.79 Å². The molecule has 4 N–H and O–H groups in total. The van der Waals surface area contributed by atoms with Crippen LogP contribution in [0.2, 0.25) is 0 Å². The molecule has 43 heavy (non-hydrogen) atoms. The molecule has 4 aromatic heterocycles. The lowest BCUT2D eigenvalue weighted by Crippen LogP contribution is -2.18. The van der Waals surface area contributed by atoms with Gasteiger partial charge in [0.05, 0.1) is 34.4 Å². The van der Waals surface area contributed by atoms with E-state index in [1.807, 2.05) is 54.6 Å². The highest BCUT2D eigenvalue weighted by Crippen LogP contribution is 2.30. The molecule has 4 heterocycles. The van der Waals surface area contributed by atoms with E-state index in [2.05, 4.69) is 58.8 Å². The van der Waals surface area contributed by atoms with E-state index in [-0.39, 0.29) is 11.8 Å². The highest BCUT2D eigenvalue weighted by molar-refractivity contribution is 6.06. The Hall–Kier alpha value is -5.38. The first kappa shape index (κ1) is 27.8. The summed E-state index contributed by atoms with van der Waals surface area (Å²) in [5.41, 5.74) is 6.33. The molecule has 2 aromatic carbocycles. The number of carbonyl (C=O) groups excluding carboxylic acids is 1. The topological polar surface area (TPSA) is 133 Å². The Morgan fingerprint density at radius 1 is 0.930 bits per heavy atom. The molecular formula is C33H33N9O. The number of imidazole rings is 1. The number of hydrogen-bond acceptors (Lipinski definition) is 8. The number of rotatable bonds is 11. The Kier molecular flexibility index (Phi) is 8.17. The Morgan fingerprint density at radius 3 is 2.65 bits per heavy atom. The minimum atomic E-state index is -0.109. The first-order chi connectivity index (χ1) is 21.1. The number of nitrogens with one attached hydrogen (secondary N) is 4. The van der Waals surface area contributed by atoms with E-state index in [0.29, 0.717) is 12.1 Å². The number of pyridine rings is 2. The van der Waals surface area contributed by atoms with Gasteiger partial charge in [-0.2, -0.15) is 0 Å². The van der Waals surface area contributed by atoms with Gasteiger partial charge < -0.3 is 20.9 Å². The van der Waals surface area contributed by atoms with Crippen LogP contribution in [0.25, 0.3) is 33.2 Å². The van der Waals surface area contributed by atoms with Gasteiger partial charge in [-0.1, -0.05) is 37.3 Å². The van der Waals surface area contributed by atoms with Gasteiger partial charge in [-0.15, -0.1) is 0 Å². The summed E-state index contributed by atoms with van der Waals surface area (Å²) in [6, 6.07) is 21.7. The van der Waals surface area contributed by atoms with Crippen LogP contribution < -0.4 is 16.0 Å². The van der Waals surface area contributed by atoms with Crippen molar-refractivity contribution in [2.45, 2.75) is 32.2 Å². The van der Waals surface area contributed by atoms with Gasteiger partial charge in [0.15, 0.2) is 0 Å². The maximum absolute atomic E-state index is 12.4. The zero-order valence-corrected chi connectivity index (χ0v) is 24.1. The molecule has 6 rings (SSSR count). The predicted molar refractivity (Wildman–Crippen MR) is 170 cm³/mol. The summed E-state index contributed by atoms with van der Waals surface area (Å²) in [6.07, 6.45) is 6.92. The summed E-state index contributed by atoms with van der Waals surface area (Å²) in [7, 11) is 1.64. The summed E-state index contributed by atoms with van der Waals surface area (Å²) in [6.45, 7) is 3.45. The van der Waals surface area contributed by atoms with Crippen LogP contribution in [0.3, 0.4) is 0 Å². The number of amides is 1. The van der Waals surface area contributed by atoms with Crippen LogP contribution in [0.5, 0.6) is 0 Å². The van der Waals surface area contributed by atoms with Crippen LogP contribution in [0.15, 0.2) is 85.5 Å². The smallest absolute Gasteiger partial charge is 0.251 e. The van der Waals surface area contributed by atoms with E-state index in [1.54, 1.807) is 31.8 Å². The fraction of sp³-hybridized carbons (Fsp3) is 0.212. The zero-order chi connectivity index (χ0) is 29.6. The Balaban J connectivity index is 1.08. The van der Waals surface area contributed by atoms with Crippen LogP contribution >= 0.6 is 0 Å². The zero-order valence-electron chi connectivity index (χ0n) is 24.1. The van der Waals surface area contributed by atoms with Gasteiger partial charge in [-0.3, -0.25) is 9.78 Å². The highest BCUT2D eigenvalue weighted by atomic mass is 16.1. The van der Waals surface area contributed by atoms with Gasteiger partial charge in [0.1, 0.15) is 23.8 Å². The highest BCUT2D eigenvalue weighted by Gasteiger charge is 2.17. The summed E-state index contributed by atoms with van der Waals surface area (Å²) in [4.78, 5) is 38.4. The number of hydrogen-bond donors (Lipinski definition) is 4. The molecule has 0 bridgehead atoms. The molecule has 0 saturated carbocycles. The number of carbonyl (C=O) groups is 1. The molecule has 1 unspecified atom stereocenters. The van der Waals surface area contributed by atoms with Gasteiger partial charge >= 0.3 is 0 Å². The van der Waals surface area contributed by atoms with Crippen molar-refractivity contribution in [2.75, 3.05) is 24.2 Å². The van der Waals surface area contributed by atoms with Gasteiger partial charge in [0, 0.05) is 43.0 Å². The number of nitrogens with zero attached hydrogens (tertiary/aromatic N) is 5. The second-order valence-electron chi connectivity index (χ2n) is 10.3. The summed E-state index contributed by atoms with van der Waals surface area (Å²) in [5.74, 6) is 2.53. The number of aromatic nitrogens is 6. The van der Waals surface area contributed by atoms with Crippen molar-refractivity contribution in [3.05, 3.63) is 102 Å². The molecule has 1 amide bonds. The van der Waals surface area contributed by atoms with Crippen molar-refractivity contribution >= 4 is 39.5 Å². The Morgan fingerprint density at radius 2 is 1.84 bits per heavy atom. The minimum Gasteiger partial charge on any atom is -0.370 e. The van der Waals surface area contributed by atoms with Crippen molar-refractivity contribution in [2.24, 2.45) is 0 Å². The van der Waals surface area contributed by atoms with Gasteiger partial charge in [-0.05, 0) is 54.7 Å². The largest absolute Gasteiger partial charge is 0.370 e. The maximum Gasteiger partial charge on any atom is 0.251 e. The van der Waals surface area contributed by atoms with E-state index >= 15 is 0 Å². The molecule has 1 atom stereocenters.